The molecule has 5 heteroatoms. The van der Waals surface area contributed by atoms with Crippen molar-refractivity contribution in [3.63, 3.8) is 0 Å². The first-order valence-corrected chi connectivity index (χ1v) is 8.45. The van der Waals surface area contributed by atoms with Crippen LogP contribution in [0.1, 0.15) is 68.7 Å². The first-order chi connectivity index (χ1) is 10.1. The van der Waals surface area contributed by atoms with Crippen LogP contribution in [-0.2, 0) is 0 Å². The Morgan fingerprint density at radius 1 is 1.19 bits per heavy atom. The molecule has 2 aliphatic rings. The fourth-order valence-corrected chi connectivity index (χ4v) is 3.19. The van der Waals surface area contributed by atoms with Gasteiger partial charge in [-0.2, -0.15) is 0 Å². The van der Waals surface area contributed by atoms with E-state index in [9.17, 15) is 5.11 Å². The largest absolute Gasteiger partial charge is 0.388 e. The van der Waals surface area contributed by atoms with Crippen molar-refractivity contribution in [3.05, 3.63) is 16.5 Å². The molecule has 0 amide bonds. The van der Waals surface area contributed by atoms with E-state index >= 15 is 0 Å². The van der Waals surface area contributed by atoms with Crippen molar-refractivity contribution in [2.75, 3.05) is 11.9 Å². The maximum atomic E-state index is 10.7. The summed E-state index contributed by atoms with van der Waals surface area (Å²) in [6, 6.07) is 0. The molecule has 2 saturated carbocycles. The van der Waals surface area contributed by atoms with Crippen LogP contribution in [0.4, 0.5) is 5.82 Å². The van der Waals surface area contributed by atoms with Gasteiger partial charge in [-0.25, -0.2) is 9.97 Å². The van der Waals surface area contributed by atoms with Gasteiger partial charge in [0.1, 0.15) is 16.8 Å². The Labute approximate surface area is 131 Å². The number of anilines is 1. The molecule has 21 heavy (non-hydrogen) atoms. The predicted molar refractivity (Wildman–Crippen MR) is 84.9 cm³/mol. The van der Waals surface area contributed by atoms with Crippen LogP contribution in [0.2, 0.25) is 5.15 Å². The first kappa shape index (κ1) is 15.0. The number of nitrogens with zero attached hydrogens (tertiary/aromatic N) is 2. The summed E-state index contributed by atoms with van der Waals surface area (Å²) in [4.78, 5) is 8.99. The van der Waals surface area contributed by atoms with E-state index in [0.717, 1.165) is 55.7 Å². The van der Waals surface area contributed by atoms with Crippen LogP contribution >= 0.6 is 11.6 Å². The van der Waals surface area contributed by atoms with Gasteiger partial charge in [0.2, 0.25) is 0 Å². The lowest BCUT2D eigenvalue weighted by Gasteiger charge is -2.27. The number of hydrogen-bond donors (Lipinski definition) is 2. The van der Waals surface area contributed by atoms with E-state index in [4.69, 9.17) is 11.6 Å². The highest BCUT2D eigenvalue weighted by molar-refractivity contribution is 6.30. The molecule has 0 aliphatic heterocycles. The minimum atomic E-state index is -0.611. The molecule has 2 N–H and O–H groups in total. The molecule has 1 heterocycles. The molecule has 0 spiro atoms. The maximum Gasteiger partial charge on any atom is 0.137 e. The number of aromatic nitrogens is 2. The minimum Gasteiger partial charge on any atom is -0.388 e. The van der Waals surface area contributed by atoms with Crippen molar-refractivity contribution in [2.24, 2.45) is 0 Å². The van der Waals surface area contributed by atoms with Crippen LogP contribution in [-0.4, -0.2) is 27.2 Å². The van der Waals surface area contributed by atoms with Crippen molar-refractivity contribution >= 4 is 17.4 Å². The Kier molecular flexibility index (Phi) is 4.36. The van der Waals surface area contributed by atoms with E-state index in [2.05, 4.69) is 15.3 Å². The average molecular weight is 310 g/mol. The second kappa shape index (κ2) is 6.09. The van der Waals surface area contributed by atoms with E-state index in [0.29, 0.717) is 17.6 Å². The van der Waals surface area contributed by atoms with Crippen LogP contribution < -0.4 is 5.32 Å². The Morgan fingerprint density at radius 3 is 2.48 bits per heavy atom. The first-order valence-electron chi connectivity index (χ1n) is 8.08. The monoisotopic (exact) mass is 309 g/mol. The van der Waals surface area contributed by atoms with Gasteiger partial charge in [-0.3, -0.25) is 0 Å². The molecular weight excluding hydrogens is 286 g/mol. The topological polar surface area (TPSA) is 58.0 Å². The van der Waals surface area contributed by atoms with Gasteiger partial charge in [0.05, 0.1) is 5.60 Å². The third-order valence-electron chi connectivity index (χ3n) is 4.67. The van der Waals surface area contributed by atoms with Gasteiger partial charge in [0, 0.05) is 18.0 Å². The molecule has 116 valence electrons. The highest BCUT2D eigenvalue weighted by Crippen LogP contribution is 2.39. The van der Waals surface area contributed by atoms with E-state index in [-0.39, 0.29) is 0 Å². The Hall–Kier alpha value is -0.870. The molecule has 3 rings (SSSR count). The molecular formula is C16H24ClN3O. The van der Waals surface area contributed by atoms with E-state index in [1.165, 1.54) is 12.8 Å². The van der Waals surface area contributed by atoms with Crippen molar-refractivity contribution in [1.82, 2.24) is 9.97 Å². The molecule has 0 unspecified atom stereocenters. The van der Waals surface area contributed by atoms with Crippen molar-refractivity contribution in [3.8, 4) is 0 Å². The Morgan fingerprint density at radius 2 is 1.86 bits per heavy atom. The lowest BCUT2D eigenvalue weighted by Crippen LogP contribution is -2.36. The summed E-state index contributed by atoms with van der Waals surface area (Å²) in [5, 5.41) is 14.6. The second-order valence-electron chi connectivity index (χ2n) is 6.61. The van der Waals surface area contributed by atoms with Gasteiger partial charge < -0.3 is 10.4 Å². The number of nitrogens with one attached hydrogen (secondary N) is 1. The Balaban J connectivity index is 1.71. The van der Waals surface area contributed by atoms with Gasteiger partial charge in [0.25, 0.3) is 0 Å². The summed E-state index contributed by atoms with van der Waals surface area (Å²) in [5.74, 6) is 2.11. The number of rotatable bonds is 4. The third kappa shape index (κ3) is 3.67. The van der Waals surface area contributed by atoms with Gasteiger partial charge in [-0.05, 0) is 32.6 Å². The highest BCUT2D eigenvalue weighted by atomic mass is 35.5. The van der Waals surface area contributed by atoms with Crippen LogP contribution in [0.5, 0.6) is 0 Å². The normalized spacial score (nSPS) is 21.9. The molecule has 2 aliphatic carbocycles. The predicted octanol–water partition coefficient (Wildman–Crippen LogP) is 3.81. The van der Waals surface area contributed by atoms with Crippen LogP contribution in [0.3, 0.4) is 0 Å². The molecule has 0 saturated heterocycles. The van der Waals surface area contributed by atoms with Gasteiger partial charge >= 0.3 is 0 Å². The number of halogens is 1. The molecule has 1 aromatic rings. The van der Waals surface area contributed by atoms with Crippen molar-refractivity contribution < 1.29 is 5.11 Å². The maximum absolute atomic E-state index is 10.7. The second-order valence-corrected chi connectivity index (χ2v) is 6.97. The van der Waals surface area contributed by atoms with Crippen molar-refractivity contribution in [2.45, 2.75) is 69.8 Å². The third-order valence-corrected chi connectivity index (χ3v) is 5.03. The van der Waals surface area contributed by atoms with Crippen LogP contribution in [0.15, 0.2) is 0 Å². The quantitative estimate of drug-likeness (QED) is 0.656. The fourth-order valence-electron chi connectivity index (χ4n) is 3.01. The molecule has 0 atom stereocenters. The van der Waals surface area contributed by atoms with E-state index in [1.54, 1.807) is 0 Å². The standard InChI is InChI=1S/C16H24ClN3O/c1-11-13(17)19-15(12-6-7-12)20-14(11)18-10-16(21)8-4-2-3-5-9-16/h12,21H,2-10H2,1H3,(H,18,19,20). The summed E-state index contributed by atoms with van der Waals surface area (Å²) in [6.07, 6.45) is 8.72. The molecule has 4 nitrogen and oxygen atoms in total. The highest BCUT2D eigenvalue weighted by Gasteiger charge is 2.30. The lowest BCUT2D eigenvalue weighted by molar-refractivity contribution is 0.0380. The molecule has 1 aromatic heterocycles. The zero-order valence-corrected chi connectivity index (χ0v) is 13.4. The zero-order valence-electron chi connectivity index (χ0n) is 12.7. The van der Waals surface area contributed by atoms with Gasteiger partial charge in [0.15, 0.2) is 0 Å². The molecule has 2 fully saturated rings. The molecule has 0 bridgehead atoms. The van der Waals surface area contributed by atoms with Crippen LogP contribution in [0.25, 0.3) is 0 Å². The molecule has 0 radical (unpaired) electrons. The smallest absolute Gasteiger partial charge is 0.137 e. The molecule has 0 aromatic carbocycles. The van der Waals surface area contributed by atoms with Crippen LogP contribution in [0, 0.1) is 6.92 Å². The van der Waals surface area contributed by atoms with E-state index in [1.807, 2.05) is 6.92 Å². The number of hydrogen-bond acceptors (Lipinski definition) is 4. The summed E-state index contributed by atoms with van der Waals surface area (Å²) in [6.45, 7) is 2.48. The lowest BCUT2D eigenvalue weighted by atomic mass is 9.94. The SMILES string of the molecule is Cc1c(Cl)nc(C2CC2)nc1NCC1(O)CCCCCC1. The summed E-state index contributed by atoms with van der Waals surface area (Å²) >= 11 is 6.22. The summed E-state index contributed by atoms with van der Waals surface area (Å²) in [5.41, 5.74) is 0.262. The van der Waals surface area contributed by atoms with E-state index < -0.39 is 5.60 Å². The Bertz CT molecular complexity index is 508. The average Bonchev–Trinajstić information content (AvgIpc) is 3.28. The number of aliphatic hydroxyl groups is 1. The zero-order chi connectivity index (χ0) is 14.9. The van der Waals surface area contributed by atoms with Gasteiger partial charge in [-0.15, -0.1) is 0 Å². The fraction of sp³-hybridized carbons (Fsp3) is 0.750. The minimum absolute atomic E-state index is 0.476. The summed E-state index contributed by atoms with van der Waals surface area (Å²) < 4.78 is 0. The van der Waals surface area contributed by atoms with Crippen molar-refractivity contribution in [1.29, 1.82) is 0 Å². The van der Waals surface area contributed by atoms with Gasteiger partial charge in [-0.1, -0.05) is 37.3 Å². The summed E-state index contributed by atoms with van der Waals surface area (Å²) in [7, 11) is 0.